The Hall–Kier alpha value is -2.82. The number of hydroxylamine groups is 1. The number of ether oxygens (including phenoxy) is 3. The van der Waals surface area contributed by atoms with Crippen molar-refractivity contribution in [2.24, 2.45) is 0 Å². The minimum atomic E-state index is -4.01. The second-order valence-electron chi connectivity index (χ2n) is 7.44. The number of amides is 1. The van der Waals surface area contributed by atoms with Crippen LogP contribution in [0, 0.1) is 6.92 Å². The number of carbonyl (C=O) groups excluding carboxylic acids is 1. The molecule has 0 radical (unpaired) electrons. The van der Waals surface area contributed by atoms with Gasteiger partial charge >= 0.3 is 0 Å². The summed E-state index contributed by atoms with van der Waals surface area (Å²) in [7, 11) is -4.01. The van der Waals surface area contributed by atoms with Crippen LogP contribution in [0.2, 0.25) is 0 Å². The van der Waals surface area contributed by atoms with E-state index in [4.69, 9.17) is 19.4 Å². The standard InChI is InChI=1S/C21H24N2O7S/c1-14-2-4-15(5-3-14)30-16-8-10-23(11-9-16)31(26,27)18-7-6-17-20(29-13-12-28-17)19(18)21(24)22-25/h2-7,16,25H,8-13H2,1H3,(H,22,24). The minimum absolute atomic E-state index is 0.0106. The van der Waals surface area contributed by atoms with Gasteiger partial charge in [0.1, 0.15) is 30.6 Å². The van der Waals surface area contributed by atoms with Crippen LogP contribution >= 0.6 is 0 Å². The largest absolute Gasteiger partial charge is 0.490 e. The number of sulfonamides is 1. The van der Waals surface area contributed by atoms with Crippen LogP contribution in [0.25, 0.3) is 0 Å². The lowest BCUT2D eigenvalue weighted by Gasteiger charge is -2.32. The maximum absolute atomic E-state index is 13.3. The zero-order chi connectivity index (χ0) is 22.0. The summed E-state index contributed by atoms with van der Waals surface area (Å²) in [6.45, 7) is 2.94. The van der Waals surface area contributed by atoms with Crippen LogP contribution in [0.15, 0.2) is 41.3 Å². The summed E-state index contributed by atoms with van der Waals surface area (Å²) in [6, 6.07) is 10.5. The number of benzene rings is 2. The highest BCUT2D eigenvalue weighted by molar-refractivity contribution is 7.89. The van der Waals surface area contributed by atoms with Gasteiger partial charge < -0.3 is 14.2 Å². The molecule has 1 fully saturated rings. The molecule has 1 amide bonds. The van der Waals surface area contributed by atoms with Gasteiger partial charge in [0, 0.05) is 13.1 Å². The number of aryl methyl sites for hydroxylation is 1. The molecule has 166 valence electrons. The van der Waals surface area contributed by atoms with Gasteiger partial charge in [0.15, 0.2) is 11.5 Å². The topological polar surface area (TPSA) is 114 Å². The molecule has 0 aliphatic carbocycles. The lowest BCUT2D eigenvalue weighted by molar-refractivity contribution is 0.0692. The maximum atomic E-state index is 13.3. The molecule has 2 heterocycles. The lowest BCUT2D eigenvalue weighted by atomic mass is 10.1. The first-order valence-electron chi connectivity index (χ1n) is 10.0. The first-order valence-corrected chi connectivity index (χ1v) is 11.4. The molecule has 0 aromatic heterocycles. The summed E-state index contributed by atoms with van der Waals surface area (Å²) in [5, 5.41) is 9.16. The quantitative estimate of drug-likeness (QED) is 0.532. The van der Waals surface area contributed by atoms with Crippen LogP contribution in [-0.2, 0) is 10.0 Å². The summed E-state index contributed by atoms with van der Waals surface area (Å²) in [5.74, 6) is 0.0460. The molecule has 1 saturated heterocycles. The van der Waals surface area contributed by atoms with Crippen molar-refractivity contribution in [3.8, 4) is 17.2 Å². The molecule has 9 nitrogen and oxygen atoms in total. The Bertz CT molecular complexity index is 1060. The van der Waals surface area contributed by atoms with Crippen LogP contribution < -0.4 is 19.7 Å². The highest BCUT2D eigenvalue weighted by Gasteiger charge is 2.36. The van der Waals surface area contributed by atoms with Gasteiger partial charge in [0.05, 0.1) is 4.90 Å². The van der Waals surface area contributed by atoms with E-state index in [0.717, 1.165) is 11.3 Å². The molecule has 0 unspecified atom stereocenters. The Morgan fingerprint density at radius 3 is 2.45 bits per heavy atom. The molecule has 0 spiro atoms. The first-order chi connectivity index (χ1) is 14.9. The van der Waals surface area contributed by atoms with Gasteiger partial charge in [0.2, 0.25) is 10.0 Å². The molecule has 2 N–H and O–H groups in total. The monoisotopic (exact) mass is 448 g/mol. The zero-order valence-corrected chi connectivity index (χ0v) is 17.9. The van der Waals surface area contributed by atoms with E-state index in [0.29, 0.717) is 12.8 Å². The molecule has 2 aliphatic heterocycles. The van der Waals surface area contributed by atoms with Crippen LogP contribution in [0.5, 0.6) is 17.2 Å². The predicted molar refractivity (Wildman–Crippen MR) is 110 cm³/mol. The molecule has 0 saturated carbocycles. The van der Waals surface area contributed by atoms with E-state index in [1.807, 2.05) is 31.2 Å². The van der Waals surface area contributed by atoms with Gasteiger partial charge in [-0.15, -0.1) is 0 Å². The molecule has 4 rings (SSSR count). The molecular formula is C21H24N2O7S. The third-order valence-electron chi connectivity index (χ3n) is 5.34. The van der Waals surface area contributed by atoms with Gasteiger partial charge in [-0.3, -0.25) is 10.0 Å². The maximum Gasteiger partial charge on any atom is 0.279 e. The van der Waals surface area contributed by atoms with Crippen molar-refractivity contribution in [2.45, 2.75) is 30.8 Å². The number of nitrogens with zero attached hydrogens (tertiary/aromatic N) is 1. The number of fused-ring (bicyclic) bond motifs is 1. The number of piperidine rings is 1. The Labute approximate surface area is 180 Å². The van der Waals surface area contributed by atoms with Crippen molar-refractivity contribution in [3.63, 3.8) is 0 Å². The summed E-state index contributed by atoms with van der Waals surface area (Å²) < 4.78 is 44.9. The normalized spacial score (nSPS) is 17.2. The highest BCUT2D eigenvalue weighted by atomic mass is 32.2. The van der Waals surface area contributed by atoms with E-state index in [1.165, 1.54) is 21.9 Å². The Morgan fingerprint density at radius 1 is 1.10 bits per heavy atom. The van der Waals surface area contributed by atoms with Gasteiger partial charge in [-0.05, 0) is 44.0 Å². The van der Waals surface area contributed by atoms with E-state index in [-0.39, 0.29) is 54.4 Å². The molecule has 31 heavy (non-hydrogen) atoms. The van der Waals surface area contributed by atoms with E-state index in [2.05, 4.69) is 0 Å². The van der Waals surface area contributed by atoms with Gasteiger partial charge in [-0.1, -0.05) is 17.7 Å². The third-order valence-corrected chi connectivity index (χ3v) is 7.28. The molecule has 2 aromatic carbocycles. The number of hydrogen-bond acceptors (Lipinski definition) is 7. The Morgan fingerprint density at radius 2 is 1.77 bits per heavy atom. The molecule has 2 aliphatic rings. The van der Waals surface area contributed by atoms with Crippen LogP contribution in [0.4, 0.5) is 0 Å². The zero-order valence-electron chi connectivity index (χ0n) is 17.0. The number of carbonyl (C=O) groups is 1. The smallest absolute Gasteiger partial charge is 0.279 e. The molecule has 0 bridgehead atoms. The van der Waals surface area contributed by atoms with Crippen LogP contribution in [0.3, 0.4) is 0 Å². The SMILES string of the molecule is Cc1ccc(OC2CCN(S(=O)(=O)c3ccc4c(c3C(=O)NO)OCCO4)CC2)cc1. The lowest BCUT2D eigenvalue weighted by Crippen LogP contribution is -2.42. The second-order valence-corrected chi connectivity index (χ2v) is 9.34. The molecule has 2 aromatic rings. The van der Waals surface area contributed by atoms with Gasteiger partial charge in [0.25, 0.3) is 5.91 Å². The van der Waals surface area contributed by atoms with Crippen molar-refractivity contribution < 1.29 is 32.6 Å². The second kappa shape index (κ2) is 8.74. The average molecular weight is 448 g/mol. The van der Waals surface area contributed by atoms with Crippen molar-refractivity contribution in [2.75, 3.05) is 26.3 Å². The fourth-order valence-electron chi connectivity index (χ4n) is 3.72. The number of nitrogens with one attached hydrogen (secondary N) is 1. The fraction of sp³-hybridized carbons (Fsp3) is 0.381. The predicted octanol–water partition coefficient (Wildman–Crippen LogP) is 2.12. The van der Waals surface area contributed by atoms with Crippen molar-refractivity contribution in [1.82, 2.24) is 9.79 Å². The Kier molecular flexibility index (Phi) is 6.03. The summed E-state index contributed by atoms with van der Waals surface area (Å²) in [6.07, 6.45) is 0.924. The van der Waals surface area contributed by atoms with Crippen molar-refractivity contribution >= 4 is 15.9 Å². The summed E-state index contributed by atoms with van der Waals surface area (Å²) in [4.78, 5) is 12.1. The van der Waals surface area contributed by atoms with E-state index in [1.54, 1.807) is 0 Å². The van der Waals surface area contributed by atoms with Gasteiger partial charge in [-0.2, -0.15) is 4.31 Å². The summed E-state index contributed by atoms with van der Waals surface area (Å²) >= 11 is 0. The first kappa shape index (κ1) is 21.4. The molecule has 10 heteroatoms. The average Bonchev–Trinajstić information content (AvgIpc) is 2.79. The van der Waals surface area contributed by atoms with E-state index < -0.39 is 15.9 Å². The third kappa shape index (κ3) is 4.32. The molecule has 0 atom stereocenters. The van der Waals surface area contributed by atoms with Crippen LogP contribution in [-0.4, -0.2) is 56.2 Å². The summed E-state index contributed by atoms with van der Waals surface area (Å²) in [5.41, 5.74) is 2.38. The number of rotatable bonds is 5. The minimum Gasteiger partial charge on any atom is -0.490 e. The van der Waals surface area contributed by atoms with Crippen molar-refractivity contribution in [3.05, 3.63) is 47.5 Å². The van der Waals surface area contributed by atoms with E-state index >= 15 is 0 Å². The van der Waals surface area contributed by atoms with Gasteiger partial charge in [-0.25, -0.2) is 13.9 Å². The fourth-order valence-corrected chi connectivity index (χ4v) is 5.38. The highest BCUT2D eigenvalue weighted by Crippen LogP contribution is 2.39. The Balaban J connectivity index is 1.54. The van der Waals surface area contributed by atoms with Crippen LogP contribution in [0.1, 0.15) is 28.8 Å². The number of hydrogen-bond donors (Lipinski definition) is 2. The van der Waals surface area contributed by atoms with Crippen molar-refractivity contribution in [1.29, 1.82) is 0 Å². The molecular weight excluding hydrogens is 424 g/mol. The van der Waals surface area contributed by atoms with E-state index in [9.17, 15) is 13.2 Å².